The molecular weight excluding hydrogens is 244 g/mol. The Morgan fingerprint density at radius 3 is 2.42 bits per heavy atom. The summed E-state index contributed by atoms with van der Waals surface area (Å²) in [5, 5.41) is 2.75. The Bertz CT molecular complexity index is 431. The SMILES string of the molecule is CCNC(=O)CN(C)Cc1ccc(C(=O)NN)cc1. The summed E-state index contributed by atoms with van der Waals surface area (Å²) in [6.07, 6.45) is 0. The summed E-state index contributed by atoms with van der Waals surface area (Å²) in [4.78, 5) is 24.6. The quantitative estimate of drug-likeness (QED) is 0.379. The van der Waals surface area contributed by atoms with Crippen LogP contribution in [-0.4, -0.2) is 36.9 Å². The average molecular weight is 264 g/mol. The van der Waals surface area contributed by atoms with Crippen LogP contribution in [0.4, 0.5) is 0 Å². The lowest BCUT2D eigenvalue weighted by Gasteiger charge is -2.16. The zero-order chi connectivity index (χ0) is 14.3. The molecule has 0 unspecified atom stereocenters. The normalized spacial score (nSPS) is 10.3. The summed E-state index contributed by atoms with van der Waals surface area (Å²) in [6, 6.07) is 7.10. The van der Waals surface area contributed by atoms with E-state index in [1.54, 1.807) is 12.1 Å². The summed E-state index contributed by atoms with van der Waals surface area (Å²) < 4.78 is 0. The van der Waals surface area contributed by atoms with E-state index in [1.165, 1.54) is 0 Å². The maximum absolute atomic E-state index is 11.4. The minimum atomic E-state index is -0.317. The fraction of sp³-hybridized carbons (Fsp3) is 0.385. The van der Waals surface area contributed by atoms with Gasteiger partial charge in [-0.15, -0.1) is 0 Å². The zero-order valence-corrected chi connectivity index (χ0v) is 11.3. The molecular formula is C13H20N4O2. The molecule has 1 aromatic carbocycles. The molecule has 0 saturated carbocycles. The highest BCUT2D eigenvalue weighted by Gasteiger charge is 2.07. The molecule has 0 radical (unpaired) electrons. The highest BCUT2D eigenvalue weighted by atomic mass is 16.2. The lowest BCUT2D eigenvalue weighted by Crippen LogP contribution is -2.34. The largest absolute Gasteiger partial charge is 0.355 e. The number of nitrogens with two attached hydrogens (primary N) is 1. The second kappa shape index (κ2) is 7.50. The molecule has 0 aliphatic rings. The van der Waals surface area contributed by atoms with Crippen LogP contribution in [0.3, 0.4) is 0 Å². The topological polar surface area (TPSA) is 87.5 Å². The molecule has 0 fully saturated rings. The molecule has 6 nitrogen and oxygen atoms in total. The van der Waals surface area contributed by atoms with Crippen LogP contribution in [0.2, 0.25) is 0 Å². The van der Waals surface area contributed by atoms with E-state index in [4.69, 9.17) is 5.84 Å². The van der Waals surface area contributed by atoms with E-state index in [1.807, 2.05) is 31.0 Å². The van der Waals surface area contributed by atoms with Crippen LogP contribution in [0.5, 0.6) is 0 Å². The summed E-state index contributed by atoms with van der Waals surface area (Å²) in [6.45, 7) is 3.51. The third kappa shape index (κ3) is 5.07. The summed E-state index contributed by atoms with van der Waals surface area (Å²) in [5.41, 5.74) is 3.62. The van der Waals surface area contributed by atoms with Gasteiger partial charge in [0.2, 0.25) is 5.91 Å². The van der Waals surface area contributed by atoms with Gasteiger partial charge in [-0.1, -0.05) is 12.1 Å². The number of carbonyl (C=O) groups is 2. The number of hydrogen-bond donors (Lipinski definition) is 3. The maximum Gasteiger partial charge on any atom is 0.265 e. The number of hydrazine groups is 1. The second-order valence-corrected chi connectivity index (χ2v) is 4.30. The van der Waals surface area contributed by atoms with Gasteiger partial charge in [0.25, 0.3) is 5.91 Å². The van der Waals surface area contributed by atoms with E-state index in [0.29, 0.717) is 25.2 Å². The van der Waals surface area contributed by atoms with Crippen molar-refractivity contribution < 1.29 is 9.59 Å². The Kier molecular flexibility index (Phi) is 5.98. The van der Waals surface area contributed by atoms with Crippen molar-refractivity contribution in [3.8, 4) is 0 Å². The van der Waals surface area contributed by atoms with Gasteiger partial charge in [0.15, 0.2) is 0 Å². The van der Waals surface area contributed by atoms with Gasteiger partial charge in [0, 0.05) is 18.7 Å². The number of nitrogens with one attached hydrogen (secondary N) is 2. The Morgan fingerprint density at radius 1 is 1.26 bits per heavy atom. The van der Waals surface area contributed by atoms with Crippen molar-refractivity contribution in [1.29, 1.82) is 0 Å². The van der Waals surface area contributed by atoms with Gasteiger partial charge < -0.3 is 5.32 Å². The summed E-state index contributed by atoms with van der Waals surface area (Å²) in [7, 11) is 1.87. The van der Waals surface area contributed by atoms with E-state index < -0.39 is 0 Å². The number of hydrogen-bond acceptors (Lipinski definition) is 4. The summed E-state index contributed by atoms with van der Waals surface area (Å²) >= 11 is 0. The third-order valence-corrected chi connectivity index (χ3v) is 2.59. The van der Waals surface area contributed by atoms with Gasteiger partial charge >= 0.3 is 0 Å². The maximum atomic E-state index is 11.4. The minimum Gasteiger partial charge on any atom is -0.355 e. The smallest absolute Gasteiger partial charge is 0.265 e. The molecule has 0 aliphatic carbocycles. The first-order valence-electron chi connectivity index (χ1n) is 6.12. The van der Waals surface area contributed by atoms with Crippen LogP contribution < -0.4 is 16.6 Å². The van der Waals surface area contributed by atoms with Gasteiger partial charge in [-0.25, -0.2) is 5.84 Å². The molecule has 0 heterocycles. The van der Waals surface area contributed by atoms with Crippen LogP contribution in [0.15, 0.2) is 24.3 Å². The van der Waals surface area contributed by atoms with Gasteiger partial charge in [-0.2, -0.15) is 0 Å². The fourth-order valence-electron chi connectivity index (χ4n) is 1.71. The number of carbonyl (C=O) groups excluding carboxylic acids is 2. The first kappa shape index (κ1) is 15.1. The van der Waals surface area contributed by atoms with Gasteiger partial charge in [0.05, 0.1) is 6.54 Å². The first-order chi connectivity index (χ1) is 9.06. The van der Waals surface area contributed by atoms with E-state index in [-0.39, 0.29) is 11.8 Å². The molecule has 0 aliphatic heterocycles. The molecule has 0 atom stereocenters. The molecule has 0 aromatic heterocycles. The molecule has 2 amide bonds. The summed E-state index contributed by atoms with van der Waals surface area (Å²) in [5.74, 6) is 4.74. The second-order valence-electron chi connectivity index (χ2n) is 4.30. The van der Waals surface area contributed by atoms with Crippen molar-refractivity contribution in [3.63, 3.8) is 0 Å². The van der Waals surface area contributed by atoms with Crippen LogP contribution in [0.25, 0.3) is 0 Å². The zero-order valence-electron chi connectivity index (χ0n) is 11.3. The number of rotatable bonds is 6. The Balaban J connectivity index is 2.53. The number of nitrogen functional groups attached to an aromatic ring is 1. The highest BCUT2D eigenvalue weighted by Crippen LogP contribution is 2.06. The first-order valence-corrected chi connectivity index (χ1v) is 6.12. The van der Waals surface area contributed by atoms with Crippen molar-refractivity contribution in [1.82, 2.24) is 15.6 Å². The van der Waals surface area contributed by atoms with E-state index in [9.17, 15) is 9.59 Å². The predicted octanol–water partition coefficient (Wildman–Crippen LogP) is -0.142. The Labute approximate surface area is 112 Å². The lowest BCUT2D eigenvalue weighted by atomic mass is 10.1. The average Bonchev–Trinajstić information content (AvgIpc) is 2.38. The monoisotopic (exact) mass is 264 g/mol. The number of amides is 2. The van der Waals surface area contributed by atoms with Crippen LogP contribution in [-0.2, 0) is 11.3 Å². The van der Waals surface area contributed by atoms with Crippen LogP contribution >= 0.6 is 0 Å². The fourth-order valence-corrected chi connectivity index (χ4v) is 1.71. The predicted molar refractivity (Wildman–Crippen MR) is 73.1 cm³/mol. The van der Waals surface area contributed by atoms with Crippen molar-refractivity contribution in [2.75, 3.05) is 20.1 Å². The van der Waals surface area contributed by atoms with Gasteiger partial charge in [-0.3, -0.25) is 19.9 Å². The van der Waals surface area contributed by atoms with Crippen molar-refractivity contribution in [2.45, 2.75) is 13.5 Å². The molecule has 0 bridgehead atoms. The van der Waals surface area contributed by atoms with E-state index >= 15 is 0 Å². The molecule has 104 valence electrons. The van der Waals surface area contributed by atoms with Crippen molar-refractivity contribution in [2.24, 2.45) is 5.84 Å². The van der Waals surface area contributed by atoms with Crippen LogP contribution in [0, 0.1) is 0 Å². The molecule has 0 spiro atoms. The van der Waals surface area contributed by atoms with Gasteiger partial charge in [-0.05, 0) is 31.7 Å². The van der Waals surface area contributed by atoms with E-state index in [0.717, 1.165) is 5.56 Å². The number of nitrogens with zero attached hydrogens (tertiary/aromatic N) is 1. The molecule has 0 saturated heterocycles. The Morgan fingerprint density at radius 2 is 1.89 bits per heavy atom. The van der Waals surface area contributed by atoms with Gasteiger partial charge in [0.1, 0.15) is 0 Å². The number of benzene rings is 1. The standard InChI is InChI=1S/C13H20N4O2/c1-3-15-12(18)9-17(2)8-10-4-6-11(7-5-10)13(19)16-14/h4-7H,3,8-9,14H2,1-2H3,(H,15,18)(H,16,19). The molecule has 4 N–H and O–H groups in total. The minimum absolute atomic E-state index is 0.00382. The van der Waals surface area contributed by atoms with E-state index in [2.05, 4.69) is 10.7 Å². The molecule has 1 aromatic rings. The van der Waals surface area contributed by atoms with Crippen molar-refractivity contribution >= 4 is 11.8 Å². The molecule has 19 heavy (non-hydrogen) atoms. The highest BCUT2D eigenvalue weighted by molar-refractivity contribution is 5.93. The lowest BCUT2D eigenvalue weighted by molar-refractivity contribution is -0.121. The molecule has 1 rings (SSSR count). The molecule has 6 heteroatoms. The van der Waals surface area contributed by atoms with Crippen molar-refractivity contribution in [3.05, 3.63) is 35.4 Å². The Hall–Kier alpha value is -1.92. The van der Waals surface area contributed by atoms with Crippen LogP contribution in [0.1, 0.15) is 22.8 Å². The third-order valence-electron chi connectivity index (χ3n) is 2.59. The number of likely N-dealkylation sites (N-methyl/N-ethyl adjacent to an activating group) is 2.